The summed E-state index contributed by atoms with van der Waals surface area (Å²) in [5.41, 5.74) is 1.87. The van der Waals surface area contributed by atoms with E-state index >= 15 is 0 Å². The molecule has 1 saturated heterocycles. The van der Waals surface area contributed by atoms with Gasteiger partial charge in [-0.25, -0.2) is 4.98 Å². The Morgan fingerprint density at radius 1 is 1.44 bits per heavy atom. The lowest BCUT2D eigenvalue weighted by Crippen LogP contribution is -2.54. The Kier molecular flexibility index (Phi) is 2.64. The summed E-state index contributed by atoms with van der Waals surface area (Å²) >= 11 is 0. The molecule has 1 aliphatic heterocycles. The lowest BCUT2D eigenvalue weighted by Gasteiger charge is -2.31. The van der Waals surface area contributed by atoms with Crippen molar-refractivity contribution in [1.82, 2.24) is 15.3 Å². The SMILES string of the molecule is O=C(O)[C@@H]1CN(c2nc3ccccc3[nH]2)CCN1. The number of aromatic amines is 1. The average Bonchev–Trinajstić information content (AvgIpc) is 2.82. The molecule has 1 fully saturated rings. The molecule has 0 radical (unpaired) electrons. The molecule has 0 unspecified atom stereocenters. The molecule has 6 nitrogen and oxygen atoms in total. The molecule has 3 rings (SSSR count). The zero-order valence-corrected chi connectivity index (χ0v) is 9.76. The number of carboxylic acids is 1. The Morgan fingerprint density at radius 2 is 2.28 bits per heavy atom. The number of anilines is 1. The van der Waals surface area contributed by atoms with E-state index in [0.717, 1.165) is 23.5 Å². The second kappa shape index (κ2) is 4.30. The molecule has 1 aliphatic rings. The number of hydrogen-bond acceptors (Lipinski definition) is 4. The van der Waals surface area contributed by atoms with Crippen LogP contribution in [0.2, 0.25) is 0 Å². The molecule has 18 heavy (non-hydrogen) atoms. The number of imidazole rings is 1. The highest BCUT2D eigenvalue weighted by Gasteiger charge is 2.26. The molecule has 6 heteroatoms. The number of fused-ring (bicyclic) bond motifs is 1. The minimum absolute atomic E-state index is 0.426. The molecule has 0 bridgehead atoms. The van der Waals surface area contributed by atoms with Gasteiger partial charge in [0.05, 0.1) is 11.0 Å². The van der Waals surface area contributed by atoms with Crippen LogP contribution in [0, 0.1) is 0 Å². The van der Waals surface area contributed by atoms with Crippen molar-refractivity contribution in [2.24, 2.45) is 0 Å². The van der Waals surface area contributed by atoms with Crippen molar-refractivity contribution in [3.8, 4) is 0 Å². The largest absolute Gasteiger partial charge is 0.480 e. The van der Waals surface area contributed by atoms with Gasteiger partial charge in [0.1, 0.15) is 6.04 Å². The fourth-order valence-corrected chi connectivity index (χ4v) is 2.20. The van der Waals surface area contributed by atoms with Crippen LogP contribution in [0.1, 0.15) is 0 Å². The molecular formula is C12H14N4O2. The Bertz CT molecular complexity index is 547. The van der Waals surface area contributed by atoms with Crippen LogP contribution in [-0.2, 0) is 4.79 Å². The van der Waals surface area contributed by atoms with Gasteiger partial charge in [0.15, 0.2) is 0 Å². The highest BCUT2D eigenvalue weighted by Crippen LogP contribution is 2.18. The number of carbonyl (C=O) groups is 1. The minimum atomic E-state index is -0.823. The van der Waals surface area contributed by atoms with Crippen molar-refractivity contribution >= 4 is 23.0 Å². The number of aromatic nitrogens is 2. The summed E-state index contributed by atoms with van der Waals surface area (Å²) in [6, 6.07) is 7.24. The Hall–Kier alpha value is -2.08. The highest BCUT2D eigenvalue weighted by atomic mass is 16.4. The van der Waals surface area contributed by atoms with Crippen molar-refractivity contribution in [1.29, 1.82) is 0 Å². The molecule has 2 heterocycles. The number of hydrogen-bond donors (Lipinski definition) is 3. The summed E-state index contributed by atoms with van der Waals surface area (Å²) in [5.74, 6) is -0.0836. The van der Waals surface area contributed by atoms with Gasteiger partial charge in [-0.2, -0.15) is 0 Å². The van der Waals surface area contributed by atoms with Gasteiger partial charge in [-0.15, -0.1) is 0 Å². The average molecular weight is 246 g/mol. The summed E-state index contributed by atoms with van der Waals surface area (Å²) < 4.78 is 0. The van der Waals surface area contributed by atoms with Crippen molar-refractivity contribution in [3.63, 3.8) is 0 Å². The number of para-hydroxylation sites is 2. The van der Waals surface area contributed by atoms with Crippen LogP contribution in [0.25, 0.3) is 11.0 Å². The summed E-state index contributed by atoms with van der Waals surface area (Å²) in [6.07, 6.45) is 0. The predicted octanol–water partition coefficient (Wildman–Crippen LogP) is 0.426. The van der Waals surface area contributed by atoms with Crippen LogP contribution in [0.15, 0.2) is 24.3 Å². The fraction of sp³-hybridized carbons (Fsp3) is 0.333. The van der Waals surface area contributed by atoms with E-state index in [1.165, 1.54) is 0 Å². The number of nitrogens with zero attached hydrogens (tertiary/aromatic N) is 2. The topological polar surface area (TPSA) is 81.2 Å². The normalized spacial score (nSPS) is 20.2. The van der Waals surface area contributed by atoms with E-state index in [2.05, 4.69) is 15.3 Å². The third kappa shape index (κ3) is 1.91. The van der Waals surface area contributed by atoms with Crippen LogP contribution in [-0.4, -0.2) is 46.7 Å². The molecule has 0 saturated carbocycles. The standard InChI is InChI=1S/C12H14N4O2/c17-11(18)10-7-16(6-5-13-10)12-14-8-3-1-2-4-9(8)15-12/h1-4,10,13H,5-7H2,(H,14,15)(H,17,18)/t10-/m0/s1. The lowest BCUT2D eigenvalue weighted by atomic mass is 10.2. The van der Waals surface area contributed by atoms with E-state index in [9.17, 15) is 4.79 Å². The van der Waals surface area contributed by atoms with Gasteiger partial charge < -0.3 is 20.3 Å². The molecule has 1 atom stereocenters. The maximum Gasteiger partial charge on any atom is 0.322 e. The van der Waals surface area contributed by atoms with Crippen molar-refractivity contribution in [2.45, 2.75) is 6.04 Å². The second-order valence-electron chi connectivity index (χ2n) is 4.37. The lowest BCUT2D eigenvalue weighted by molar-refractivity contribution is -0.139. The molecule has 94 valence electrons. The number of benzene rings is 1. The monoisotopic (exact) mass is 246 g/mol. The van der Waals surface area contributed by atoms with Gasteiger partial charge in [0.2, 0.25) is 5.95 Å². The molecule has 2 aromatic rings. The molecule has 0 aliphatic carbocycles. The van der Waals surface area contributed by atoms with E-state index in [0.29, 0.717) is 13.1 Å². The van der Waals surface area contributed by atoms with E-state index in [1.807, 2.05) is 29.2 Å². The summed E-state index contributed by atoms with van der Waals surface area (Å²) in [5, 5.41) is 12.0. The van der Waals surface area contributed by atoms with Crippen LogP contribution in [0.3, 0.4) is 0 Å². The molecule has 0 spiro atoms. The van der Waals surface area contributed by atoms with Gasteiger partial charge in [-0.05, 0) is 12.1 Å². The fourth-order valence-electron chi connectivity index (χ4n) is 2.20. The van der Waals surface area contributed by atoms with Crippen molar-refractivity contribution in [2.75, 3.05) is 24.5 Å². The Labute approximate surface area is 104 Å². The van der Waals surface area contributed by atoms with E-state index in [4.69, 9.17) is 5.11 Å². The van der Waals surface area contributed by atoms with Crippen LogP contribution in [0.5, 0.6) is 0 Å². The first-order valence-corrected chi connectivity index (χ1v) is 5.90. The summed E-state index contributed by atoms with van der Waals surface area (Å²) in [4.78, 5) is 20.6. The van der Waals surface area contributed by atoms with Gasteiger partial charge in [0.25, 0.3) is 0 Å². The number of carboxylic acid groups (broad SMARTS) is 1. The summed E-state index contributed by atoms with van der Waals surface area (Å²) in [7, 11) is 0. The van der Waals surface area contributed by atoms with E-state index < -0.39 is 12.0 Å². The molecule has 1 aromatic heterocycles. The molecule has 0 amide bonds. The maximum atomic E-state index is 11.0. The van der Waals surface area contributed by atoms with Crippen molar-refractivity contribution < 1.29 is 9.90 Å². The second-order valence-corrected chi connectivity index (χ2v) is 4.37. The van der Waals surface area contributed by atoms with E-state index in [-0.39, 0.29) is 0 Å². The molecule has 3 N–H and O–H groups in total. The van der Waals surface area contributed by atoms with E-state index in [1.54, 1.807) is 0 Å². The third-order valence-electron chi connectivity index (χ3n) is 3.15. The minimum Gasteiger partial charge on any atom is -0.480 e. The first kappa shape index (κ1) is 11.0. The Balaban J connectivity index is 1.87. The van der Waals surface area contributed by atoms with Crippen LogP contribution in [0.4, 0.5) is 5.95 Å². The quantitative estimate of drug-likeness (QED) is 0.715. The number of piperazine rings is 1. The zero-order chi connectivity index (χ0) is 12.5. The maximum absolute atomic E-state index is 11.0. The number of rotatable bonds is 2. The third-order valence-corrected chi connectivity index (χ3v) is 3.15. The van der Waals surface area contributed by atoms with Crippen LogP contribution >= 0.6 is 0 Å². The van der Waals surface area contributed by atoms with Gasteiger partial charge >= 0.3 is 5.97 Å². The highest BCUT2D eigenvalue weighted by molar-refractivity contribution is 5.78. The van der Waals surface area contributed by atoms with Gasteiger partial charge in [-0.1, -0.05) is 12.1 Å². The van der Waals surface area contributed by atoms with Gasteiger partial charge in [-0.3, -0.25) is 4.79 Å². The number of H-pyrrole nitrogens is 1. The predicted molar refractivity (Wildman–Crippen MR) is 67.7 cm³/mol. The summed E-state index contributed by atoms with van der Waals surface area (Å²) in [6.45, 7) is 1.83. The number of nitrogens with one attached hydrogen (secondary N) is 2. The Morgan fingerprint density at radius 3 is 3.06 bits per heavy atom. The molecular weight excluding hydrogens is 232 g/mol. The van der Waals surface area contributed by atoms with Crippen molar-refractivity contribution in [3.05, 3.63) is 24.3 Å². The smallest absolute Gasteiger partial charge is 0.322 e. The van der Waals surface area contributed by atoms with Crippen LogP contribution < -0.4 is 10.2 Å². The van der Waals surface area contributed by atoms with Gasteiger partial charge in [0, 0.05) is 19.6 Å². The first-order chi connectivity index (χ1) is 8.74. The number of aliphatic carboxylic acids is 1. The zero-order valence-electron chi connectivity index (χ0n) is 9.76. The first-order valence-electron chi connectivity index (χ1n) is 5.90. The molecule has 1 aromatic carbocycles.